The Balaban J connectivity index is 0.000000128. The van der Waals surface area contributed by atoms with Gasteiger partial charge in [0.15, 0.2) is 0 Å². The zero-order valence-corrected chi connectivity index (χ0v) is 78.2. The van der Waals surface area contributed by atoms with E-state index in [0.717, 1.165) is 18.4 Å². The van der Waals surface area contributed by atoms with Gasteiger partial charge in [0.25, 0.3) is 34.0 Å². The van der Waals surface area contributed by atoms with E-state index in [9.17, 15) is 28.0 Å². The molecule has 47 heteroatoms. The molecule has 41 nitrogen and oxygen atoms in total. The van der Waals surface area contributed by atoms with Crippen molar-refractivity contribution in [2.45, 2.75) is 118 Å². The first-order valence-electron chi connectivity index (χ1n) is 43.1. The predicted octanol–water partition coefficient (Wildman–Crippen LogP) is 15.7. The van der Waals surface area contributed by atoms with Crippen LogP contribution in [0, 0.1) is 39.3 Å². The highest BCUT2D eigenvalue weighted by atomic mass is 35.5. The molecule has 12 N–H and O–H groups in total. The molecule has 1 aliphatic rings. The minimum Gasteiger partial charge on any atom is -0.421 e. The van der Waals surface area contributed by atoms with Crippen molar-refractivity contribution >= 4 is 137 Å². The molecule has 4 atom stereocenters. The third kappa shape index (κ3) is 19.3. The fourth-order valence-electron chi connectivity index (χ4n) is 15.6. The van der Waals surface area contributed by atoms with Crippen LogP contribution in [0.5, 0.6) is 0 Å². The van der Waals surface area contributed by atoms with Crippen molar-refractivity contribution < 1.29 is 22.1 Å². The van der Waals surface area contributed by atoms with Gasteiger partial charge >= 0.3 is 0 Å². The highest BCUT2D eigenvalue weighted by Gasteiger charge is 2.34. The number of nitrogens with two attached hydrogens (primary N) is 4. The summed E-state index contributed by atoms with van der Waals surface area (Å²) in [4.78, 5) is 113. The maximum absolute atomic E-state index is 14.2. The lowest BCUT2D eigenvalue weighted by Gasteiger charge is -2.23. The molecule has 0 radical (unpaired) electrons. The minimum absolute atomic E-state index is 0.106. The van der Waals surface area contributed by atoms with Crippen molar-refractivity contribution in [1.82, 2.24) is 129 Å². The van der Waals surface area contributed by atoms with Crippen molar-refractivity contribution in [2.75, 3.05) is 44.2 Å². The van der Waals surface area contributed by atoms with Crippen molar-refractivity contribution in [2.24, 2.45) is 7.05 Å². The lowest BCUT2D eigenvalue weighted by atomic mass is 10.1. The van der Waals surface area contributed by atoms with E-state index < -0.39 is 40.9 Å². The molecule has 0 amide bonds. The Morgan fingerprint density at radius 1 is 0.424 bits per heavy atom. The molecule has 12 heterocycles. The van der Waals surface area contributed by atoms with Crippen LogP contribution in [0.15, 0.2) is 203 Å². The van der Waals surface area contributed by atoms with E-state index in [-0.39, 0.29) is 90.7 Å². The molecule has 0 saturated heterocycles. The smallest absolute Gasteiger partial charge is 0.267 e. The fraction of sp³-hybridized carbons (Fsp3) is 0.207. The van der Waals surface area contributed by atoms with Crippen LogP contribution in [0.4, 0.5) is 55.3 Å². The summed E-state index contributed by atoms with van der Waals surface area (Å²) in [6, 6.07) is 37.7. The van der Waals surface area contributed by atoms with E-state index in [2.05, 4.69) is 107 Å². The van der Waals surface area contributed by atoms with Gasteiger partial charge in [0.2, 0.25) is 29.3 Å². The zero-order valence-electron chi connectivity index (χ0n) is 75.2. The van der Waals surface area contributed by atoms with Crippen LogP contribution >= 0.6 is 46.4 Å². The second-order valence-electron chi connectivity index (χ2n) is 31.6. The summed E-state index contributed by atoms with van der Waals surface area (Å²) in [6.45, 7) is 14.7. The molecule has 704 valence electrons. The molecular weight excluding hydrogens is 1870 g/mol. The van der Waals surface area contributed by atoms with Gasteiger partial charge in [-0.25, -0.2) is 68.6 Å². The number of benzene rings is 7. The molecule has 20 rings (SSSR count). The van der Waals surface area contributed by atoms with Gasteiger partial charge in [-0.1, -0.05) is 127 Å². The number of fused-ring (bicyclic) bond motifs is 4. The van der Waals surface area contributed by atoms with Gasteiger partial charge in [0.1, 0.15) is 129 Å². The Bertz CT molecular complexity index is 7950. The van der Waals surface area contributed by atoms with Crippen LogP contribution in [0.3, 0.4) is 0 Å². The molecule has 0 bridgehead atoms. The van der Waals surface area contributed by atoms with E-state index >= 15 is 0 Å². The largest absolute Gasteiger partial charge is 0.421 e. The summed E-state index contributed by atoms with van der Waals surface area (Å²) in [5.74, 6) is 4.84. The van der Waals surface area contributed by atoms with Crippen LogP contribution in [0.25, 0.3) is 106 Å². The number of nitrogens with zero attached hydrogens (tertiary/aromatic N) is 26. The average molecular weight is 1960 g/mol. The van der Waals surface area contributed by atoms with Gasteiger partial charge in [-0.15, -0.1) is 30.6 Å². The van der Waals surface area contributed by atoms with Crippen molar-refractivity contribution in [1.29, 1.82) is 0 Å². The summed E-state index contributed by atoms with van der Waals surface area (Å²) >= 11 is 25.5. The Labute approximate surface area is 805 Å². The summed E-state index contributed by atoms with van der Waals surface area (Å²) in [5.41, 5.74) is 28.8. The molecule has 0 spiro atoms. The SMILES string of the molecule is CC[C@H](Nc1ncnc(N)c1-c1nnc(C)o1)c1nc2cccc(Cl)c2c(=O)n1-c1cccc(F)c1.CC[C@H](Nc1ncnc(N)c1-c1nnc(C)o1)c1nc2cccc(Cl)c2c(=O)n1-c1ccccc1C.CC[C@H](Nc1ncnc(N)c1-c1nnn(C)n1)c1nc2cccc(Cl)c2c(=O)n1-c1cccc(F)c1.Cc1nc(-c2c(N)ncnc2N[C@@H](C)c2nc3cccc(Cl)c3c(=O)n2C2CC2)no1. The molecule has 1 fully saturated rings. The Hall–Kier alpha value is -16.7. The molecule has 139 heavy (non-hydrogen) atoms. The maximum Gasteiger partial charge on any atom is 0.267 e. The molecule has 1 aliphatic carbocycles. The Morgan fingerprint density at radius 3 is 1.19 bits per heavy atom. The number of hydrogen-bond acceptors (Lipinski definition) is 36. The van der Waals surface area contributed by atoms with Crippen LogP contribution < -0.4 is 66.4 Å². The quantitative estimate of drug-likeness (QED) is 0.0295. The summed E-state index contributed by atoms with van der Waals surface area (Å²) in [5, 5.41) is 47.7. The first-order chi connectivity index (χ1) is 67.1. The predicted molar refractivity (Wildman–Crippen MR) is 521 cm³/mol. The number of para-hydroxylation sites is 1. The Kier molecular flexibility index (Phi) is 27.1. The molecule has 19 aromatic rings. The van der Waals surface area contributed by atoms with Gasteiger partial charge in [0, 0.05) is 26.8 Å². The molecule has 0 unspecified atom stereocenters. The lowest BCUT2D eigenvalue weighted by Crippen LogP contribution is -2.29. The van der Waals surface area contributed by atoms with Gasteiger partial charge in [-0.2, -0.15) is 9.78 Å². The number of nitrogens with one attached hydrogen (secondary N) is 4. The number of hydrogen-bond donors (Lipinski definition) is 8. The van der Waals surface area contributed by atoms with Crippen molar-refractivity contribution in [3.05, 3.63) is 291 Å². The highest BCUT2D eigenvalue weighted by Crippen LogP contribution is 2.41. The van der Waals surface area contributed by atoms with E-state index in [1.54, 1.807) is 122 Å². The summed E-state index contributed by atoms with van der Waals surface area (Å²) in [6.07, 6.45) is 8.65. The van der Waals surface area contributed by atoms with E-state index in [0.29, 0.717) is 166 Å². The molecule has 1 saturated carbocycles. The van der Waals surface area contributed by atoms with Gasteiger partial charge in [0.05, 0.1) is 112 Å². The number of aromatic nitrogens is 26. The molecular formula is C92H82Cl4F2N34O7. The van der Waals surface area contributed by atoms with Crippen LogP contribution in [-0.4, -0.2) is 129 Å². The van der Waals surface area contributed by atoms with Gasteiger partial charge in [-0.3, -0.25) is 37.4 Å². The lowest BCUT2D eigenvalue weighted by molar-refractivity contribution is 0.394. The fourth-order valence-corrected chi connectivity index (χ4v) is 16.6. The number of aryl methyl sites for hydroxylation is 5. The van der Waals surface area contributed by atoms with Crippen LogP contribution in [0.1, 0.15) is 137 Å². The normalized spacial score (nSPS) is 12.7. The maximum atomic E-state index is 14.2. The second-order valence-corrected chi connectivity index (χ2v) is 33.2. The molecule has 12 aromatic heterocycles. The number of anilines is 8. The van der Waals surface area contributed by atoms with E-state index in [1.165, 1.54) is 75.6 Å². The number of tetrazole rings is 1. The molecule has 0 aliphatic heterocycles. The van der Waals surface area contributed by atoms with Crippen molar-refractivity contribution in [3.63, 3.8) is 0 Å². The van der Waals surface area contributed by atoms with Crippen LogP contribution in [-0.2, 0) is 7.05 Å². The second kappa shape index (κ2) is 40.1. The minimum atomic E-state index is -0.568. The first-order valence-corrected chi connectivity index (χ1v) is 44.6. The van der Waals surface area contributed by atoms with Crippen LogP contribution in [0.2, 0.25) is 20.1 Å². The van der Waals surface area contributed by atoms with Gasteiger partial charge in [-0.05, 0) is 148 Å². The standard InChI is InChI=1S/C25H23ClN8O2.C24H20ClFN8O2.C23H20ClFN10O.C20H19ClN8O2/c1-4-16(30-22-20(21(27)28-12-29-22)24-33-32-14(3)36-24)23-31-17-10-7-9-15(26)19(17)25(35)34(23)18-11-6-5-8-13(18)2;1-3-16(30-21-19(20(27)28-11-29-21)23-33-32-12(2)36-23)22-31-17-9-5-8-15(25)18(17)24(35)34(22)14-7-4-6-13(26)10-14;1-3-15(29-20-18(19(26)27-11-28-20)21-31-33-34(2)32-21)22-30-16-9-5-8-14(24)17(16)23(36)35(22)13-7-4-6-12(25)10-13;1-9(25-17-15(16(22)23-8-24-17)18-26-10(2)31-28-18)19-27-13-5-3-4-12(21)14(13)20(30)29(19)11-6-7-11/h5-12,16H,4H2,1-3H3,(H3,27,28,29,30);4-11,16H,3H2,1-2H3,(H3,27,28,29,30);4-11,15H,3H2,1-2H3,(H3,26,27,28,29);3-5,8-9,11H,6-7H2,1-2H3,(H3,22,23,24,25)/t2*16-;15-;9-/m0000/s1. The zero-order chi connectivity index (χ0) is 97.9. The average Bonchev–Trinajstić information content (AvgIpc) is 1.75. The number of nitrogen functional groups attached to an aromatic ring is 4. The number of halogens is 6. The summed E-state index contributed by atoms with van der Waals surface area (Å²) in [7, 11) is 1.63. The topological polar surface area (TPSA) is 555 Å². The Morgan fingerprint density at radius 2 is 0.806 bits per heavy atom. The van der Waals surface area contributed by atoms with Crippen molar-refractivity contribution in [3.8, 4) is 62.7 Å². The molecule has 7 aromatic carbocycles. The third-order valence-electron chi connectivity index (χ3n) is 22.2. The van der Waals surface area contributed by atoms with Gasteiger partial charge < -0.3 is 57.6 Å². The number of rotatable bonds is 23. The first kappa shape index (κ1) is 94.1. The third-order valence-corrected chi connectivity index (χ3v) is 23.5. The summed E-state index contributed by atoms with van der Waals surface area (Å²) < 4.78 is 50.7. The monoisotopic (exact) mass is 1950 g/mol. The van der Waals surface area contributed by atoms with E-state index in [1.807, 2.05) is 58.9 Å². The highest BCUT2D eigenvalue weighted by molar-refractivity contribution is 6.36. The van der Waals surface area contributed by atoms with E-state index in [4.69, 9.17) is 103 Å².